The molecule has 2 aromatic heterocycles. The van der Waals surface area contributed by atoms with Gasteiger partial charge in [-0.15, -0.1) is 0 Å². The first-order chi connectivity index (χ1) is 13.5. The molecule has 3 N–H and O–H groups in total. The van der Waals surface area contributed by atoms with E-state index in [1.807, 2.05) is 17.6 Å². The Hall–Kier alpha value is -2.56. The normalized spacial score (nSPS) is 14.7. The number of hydrogen-bond acceptors (Lipinski definition) is 6. The number of ether oxygens (including phenoxy) is 1. The molecule has 1 saturated heterocycles. The third-order valence-corrected chi connectivity index (χ3v) is 4.34. The zero-order chi connectivity index (χ0) is 21.6. The zero-order valence-electron chi connectivity index (χ0n) is 16.4. The molecule has 10 heteroatoms. The lowest BCUT2D eigenvalue weighted by molar-refractivity contribution is 0.0612. The van der Waals surface area contributed by atoms with E-state index in [0.717, 1.165) is 38.2 Å². The van der Waals surface area contributed by atoms with Crippen LogP contribution >= 0.6 is 0 Å². The van der Waals surface area contributed by atoms with E-state index in [0.29, 0.717) is 23.4 Å². The highest BCUT2D eigenvalue weighted by Crippen LogP contribution is 2.19. The Morgan fingerprint density at radius 2 is 1.93 bits per heavy atom. The van der Waals surface area contributed by atoms with E-state index in [2.05, 4.69) is 4.98 Å². The number of hydrogen-bond donors (Lipinski definition) is 2. The molecule has 0 aliphatic carbocycles. The van der Waals surface area contributed by atoms with Gasteiger partial charge in [-0.3, -0.25) is 19.1 Å². The number of pyridine rings is 2. The molecule has 29 heavy (non-hydrogen) atoms. The molecule has 158 valence electrons. The fourth-order valence-electron chi connectivity index (χ4n) is 2.95. The molecule has 0 unspecified atom stereocenters. The number of nitrogens with zero attached hydrogens (tertiary/aromatic N) is 2. The van der Waals surface area contributed by atoms with Gasteiger partial charge in [-0.05, 0) is 37.3 Å². The largest absolute Gasteiger partial charge is 0.381 e. The molecule has 1 fully saturated rings. The van der Waals surface area contributed by atoms with Gasteiger partial charge in [-0.1, -0.05) is 6.07 Å². The van der Waals surface area contributed by atoms with Crippen molar-refractivity contribution in [1.82, 2.24) is 9.55 Å². The summed E-state index contributed by atoms with van der Waals surface area (Å²) in [5.74, 6) is -0.254. The predicted octanol–water partition coefficient (Wildman–Crippen LogP) is 1.25. The predicted molar refractivity (Wildman–Crippen MR) is 108 cm³/mol. The molecule has 2 aromatic rings. The van der Waals surface area contributed by atoms with Crippen molar-refractivity contribution in [1.29, 1.82) is 0 Å². The van der Waals surface area contributed by atoms with Crippen LogP contribution in [0.15, 0.2) is 35.5 Å². The van der Waals surface area contributed by atoms with Crippen molar-refractivity contribution in [3.05, 3.63) is 52.1 Å². The molecule has 0 saturated carbocycles. The highest BCUT2D eigenvalue weighted by Gasteiger charge is 2.18. The van der Waals surface area contributed by atoms with E-state index in [4.69, 9.17) is 15.0 Å². The number of aryl methyl sites for hydroxylation is 1. The highest BCUT2D eigenvalue weighted by atomic mass is 32.2. The second-order valence-corrected chi connectivity index (χ2v) is 8.45. The van der Waals surface area contributed by atoms with Crippen LogP contribution < -0.4 is 11.2 Å². The SMILES string of the molecule is CS(=O)(=O)O.Cc1ccc(-c2cn(CC3CCOCC3)cc(C(N)=O)c2=O)nc1. The van der Waals surface area contributed by atoms with E-state index in [9.17, 15) is 18.0 Å². The third-order valence-electron chi connectivity index (χ3n) is 4.34. The maximum atomic E-state index is 12.6. The molecule has 3 heterocycles. The van der Waals surface area contributed by atoms with Crippen molar-refractivity contribution >= 4 is 16.0 Å². The maximum Gasteiger partial charge on any atom is 0.261 e. The summed E-state index contributed by atoms with van der Waals surface area (Å²) in [6, 6.07) is 3.68. The lowest BCUT2D eigenvalue weighted by Crippen LogP contribution is -2.27. The minimum atomic E-state index is -3.67. The number of primary amides is 1. The molecule has 0 spiro atoms. The Bertz CT molecular complexity index is 1000. The number of aromatic nitrogens is 2. The first-order valence-corrected chi connectivity index (χ1v) is 10.9. The van der Waals surface area contributed by atoms with Gasteiger partial charge in [-0.25, -0.2) is 0 Å². The van der Waals surface area contributed by atoms with Crippen LogP contribution in [0.4, 0.5) is 0 Å². The number of amides is 1. The standard InChI is InChI=1S/C18H21N3O3.CH4O3S/c1-12-2-3-16(20-8-12)14-10-21(9-13-4-6-24-7-5-13)11-15(17(14)22)18(19)23;1-5(2,3)4/h2-3,8,10-11,13H,4-7,9H2,1H3,(H2,19,23);1H3,(H,2,3,4). The Balaban J connectivity index is 0.000000537. The smallest absolute Gasteiger partial charge is 0.261 e. The second-order valence-electron chi connectivity index (χ2n) is 6.99. The van der Waals surface area contributed by atoms with Gasteiger partial charge >= 0.3 is 0 Å². The Labute approximate surface area is 169 Å². The first-order valence-electron chi connectivity index (χ1n) is 9.01. The molecule has 0 bridgehead atoms. The van der Waals surface area contributed by atoms with Crippen molar-refractivity contribution in [3.63, 3.8) is 0 Å². The summed E-state index contributed by atoms with van der Waals surface area (Å²) >= 11 is 0. The molecule has 0 aromatic carbocycles. The summed E-state index contributed by atoms with van der Waals surface area (Å²) in [5.41, 5.74) is 6.98. The van der Waals surface area contributed by atoms with Gasteiger partial charge in [-0.2, -0.15) is 8.42 Å². The van der Waals surface area contributed by atoms with E-state index in [1.54, 1.807) is 24.7 Å². The van der Waals surface area contributed by atoms with E-state index < -0.39 is 16.0 Å². The monoisotopic (exact) mass is 423 g/mol. The van der Waals surface area contributed by atoms with Crippen molar-refractivity contribution in [2.45, 2.75) is 26.3 Å². The Morgan fingerprint density at radius 3 is 2.45 bits per heavy atom. The third kappa shape index (κ3) is 7.41. The fourth-order valence-corrected chi connectivity index (χ4v) is 2.95. The number of carbonyl (C=O) groups excluding carboxylic acids is 1. The topological polar surface area (TPSA) is 142 Å². The maximum absolute atomic E-state index is 12.6. The summed E-state index contributed by atoms with van der Waals surface area (Å²) in [5, 5.41) is 0. The van der Waals surface area contributed by atoms with Crippen molar-refractivity contribution in [2.24, 2.45) is 11.7 Å². The average molecular weight is 423 g/mol. The van der Waals surface area contributed by atoms with Gasteiger partial charge < -0.3 is 15.0 Å². The molecule has 1 amide bonds. The summed E-state index contributed by atoms with van der Waals surface area (Å²) in [6.45, 7) is 4.16. The van der Waals surface area contributed by atoms with Crippen molar-refractivity contribution in [3.8, 4) is 11.3 Å². The highest BCUT2D eigenvalue weighted by molar-refractivity contribution is 7.85. The Kier molecular flexibility index (Phi) is 7.66. The lowest BCUT2D eigenvalue weighted by Gasteiger charge is -2.23. The van der Waals surface area contributed by atoms with Crippen LogP contribution in [0.5, 0.6) is 0 Å². The van der Waals surface area contributed by atoms with Crippen LogP contribution in [0.3, 0.4) is 0 Å². The summed E-state index contributed by atoms with van der Waals surface area (Å²) < 4.78 is 33.1. The molecule has 0 radical (unpaired) electrons. The van der Waals surface area contributed by atoms with Gasteiger partial charge in [0.25, 0.3) is 16.0 Å². The van der Waals surface area contributed by atoms with E-state index in [1.165, 1.54) is 0 Å². The molecular weight excluding hydrogens is 398 g/mol. The second kappa shape index (κ2) is 9.77. The van der Waals surface area contributed by atoms with Crippen LogP contribution in [-0.2, 0) is 21.4 Å². The van der Waals surface area contributed by atoms with Crippen molar-refractivity contribution < 1.29 is 22.5 Å². The van der Waals surface area contributed by atoms with Gasteiger partial charge in [0.1, 0.15) is 5.56 Å². The molecule has 0 atom stereocenters. The van der Waals surface area contributed by atoms with Crippen LogP contribution in [-0.4, -0.2) is 47.9 Å². The minimum absolute atomic E-state index is 0.00179. The van der Waals surface area contributed by atoms with Crippen LogP contribution in [0.25, 0.3) is 11.3 Å². The molecule has 1 aliphatic rings. The molecule has 3 rings (SSSR count). The quantitative estimate of drug-likeness (QED) is 0.705. The van der Waals surface area contributed by atoms with Crippen molar-refractivity contribution in [2.75, 3.05) is 19.5 Å². The van der Waals surface area contributed by atoms with Crippen LogP contribution in [0.1, 0.15) is 28.8 Å². The number of carbonyl (C=O) groups is 1. The zero-order valence-corrected chi connectivity index (χ0v) is 17.2. The summed E-state index contributed by atoms with van der Waals surface area (Å²) in [6.07, 6.45) is 7.67. The molecule has 1 aliphatic heterocycles. The lowest BCUT2D eigenvalue weighted by atomic mass is 10.00. The Morgan fingerprint density at radius 1 is 1.31 bits per heavy atom. The number of nitrogens with two attached hydrogens (primary N) is 1. The number of rotatable bonds is 4. The minimum Gasteiger partial charge on any atom is -0.381 e. The summed E-state index contributed by atoms with van der Waals surface area (Å²) in [7, 11) is -3.67. The van der Waals surface area contributed by atoms with E-state index >= 15 is 0 Å². The molecule has 9 nitrogen and oxygen atoms in total. The van der Waals surface area contributed by atoms with E-state index in [-0.39, 0.29) is 11.0 Å². The van der Waals surface area contributed by atoms with Gasteiger partial charge in [0, 0.05) is 38.3 Å². The van der Waals surface area contributed by atoms with Gasteiger partial charge in [0.05, 0.1) is 17.5 Å². The van der Waals surface area contributed by atoms with Gasteiger partial charge in [0.15, 0.2) is 0 Å². The first kappa shape index (κ1) is 22.7. The average Bonchev–Trinajstić information content (AvgIpc) is 2.63. The molecular formula is C19H25N3O6S. The van der Waals surface area contributed by atoms with Crippen LogP contribution in [0, 0.1) is 12.8 Å². The fraction of sp³-hybridized carbons (Fsp3) is 0.421. The van der Waals surface area contributed by atoms with Gasteiger partial charge in [0.2, 0.25) is 5.43 Å². The van der Waals surface area contributed by atoms with Crippen LogP contribution in [0.2, 0.25) is 0 Å². The summed E-state index contributed by atoms with van der Waals surface area (Å²) in [4.78, 5) is 28.6.